The molecule has 0 amide bonds. The van der Waals surface area contributed by atoms with Gasteiger partial charge in [-0.3, -0.25) is 9.59 Å². The number of esters is 2. The highest BCUT2D eigenvalue weighted by Gasteiger charge is 2.17. The maximum Gasteiger partial charge on any atom is 0.306 e. The quantitative estimate of drug-likeness (QED) is 0.0346. The van der Waals surface area contributed by atoms with Gasteiger partial charge in [0.2, 0.25) is 0 Å². The second-order valence-electron chi connectivity index (χ2n) is 18.8. The van der Waals surface area contributed by atoms with Crippen LogP contribution in [0.5, 0.6) is 0 Å². The van der Waals surface area contributed by atoms with Crippen LogP contribution in [0.15, 0.2) is 48.6 Å². The SMILES string of the molecule is CC/C=C\C/C=C\C/C=C\CCCCCCCC(=O)OCC(COCCCCCCCCCCCC/C=C\CCCCCCCC)OC(=O)CCCCCCCCCCCCCCC. The van der Waals surface area contributed by atoms with Gasteiger partial charge in [0.1, 0.15) is 6.61 Å². The van der Waals surface area contributed by atoms with Crippen molar-refractivity contribution >= 4 is 11.9 Å². The number of carbonyl (C=O) groups is 2. The molecule has 0 bridgehead atoms. The van der Waals surface area contributed by atoms with Gasteiger partial charge in [0, 0.05) is 19.4 Å². The second kappa shape index (κ2) is 55.2. The lowest BCUT2D eigenvalue weighted by Gasteiger charge is -2.18. The summed E-state index contributed by atoms with van der Waals surface area (Å²) in [5.74, 6) is -0.403. The summed E-state index contributed by atoms with van der Waals surface area (Å²) in [6.07, 6.45) is 68.4. The molecule has 0 saturated carbocycles. The zero-order valence-electron chi connectivity index (χ0n) is 43.1. The molecule has 0 aliphatic carbocycles. The summed E-state index contributed by atoms with van der Waals surface area (Å²) in [5.41, 5.74) is 0. The number of rotatable bonds is 52. The molecule has 0 spiro atoms. The summed E-state index contributed by atoms with van der Waals surface area (Å²) in [7, 11) is 0. The molecule has 5 nitrogen and oxygen atoms in total. The summed E-state index contributed by atoms with van der Waals surface area (Å²) < 4.78 is 17.5. The zero-order chi connectivity index (χ0) is 46.3. The largest absolute Gasteiger partial charge is 0.462 e. The van der Waals surface area contributed by atoms with E-state index in [1.54, 1.807) is 0 Å². The molecule has 0 N–H and O–H groups in total. The molecule has 0 aliphatic heterocycles. The summed E-state index contributed by atoms with van der Waals surface area (Å²) in [5, 5.41) is 0. The monoisotopic (exact) mass is 897 g/mol. The Kier molecular flexibility index (Phi) is 53.3. The third kappa shape index (κ3) is 52.5. The van der Waals surface area contributed by atoms with E-state index < -0.39 is 6.10 Å². The number of unbranched alkanes of at least 4 members (excludes halogenated alkanes) is 33. The van der Waals surface area contributed by atoms with Crippen LogP contribution in [-0.4, -0.2) is 37.9 Å². The van der Waals surface area contributed by atoms with E-state index in [0.717, 1.165) is 70.6 Å². The highest BCUT2D eigenvalue weighted by atomic mass is 16.6. The van der Waals surface area contributed by atoms with Crippen LogP contribution in [-0.2, 0) is 23.8 Å². The van der Waals surface area contributed by atoms with Crippen molar-refractivity contribution in [1.82, 2.24) is 0 Å². The van der Waals surface area contributed by atoms with Crippen LogP contribution in [0.25, 0.3) is 0 Å². The lowest BCUT2D eigenvalue weighted by Crippen LogP contribution is -2.30. The van der Waals surface area contributed by atoms with Crippen LogP contribution in [0.1, 0.15) is 290 Å². The number of hydrogen-bond donors (Lipinski definition) is 0. The van der Waals surface area contributed by atoms with Crippen molar-refractivity contribution in [2.75, 3.05) is 19.8 Å². The number of allylic oxidation sites excluding steroid dienone is 8. The standard InChI is InChI=1S/C59H108O5/c1-4-7-10-13-16-19-22-25-27-28-29-30-31-33-36-39-42-45-48-51-54-62-55-57(64-59(61)53-50-47-44-41-38-34-24-21-18-15-12-9-6-3)56-63-58(60)52-49-46-43-40-37-35-32-26-23-20-17-14-11-8-5-2/h8,11,17,20,25-27,32,57H,4-7,9-10,12-16,18-19,21-24,28-31,33-56H2,1-3H3/b11-8-,20-17-,27-25-,32-26-. The minimum atomic E-state index is -0.541. The summed E-state index contributed by atoms with van der Waals surface area (Å²) in [4.78, 5) is 25.4. The fourth-order valence-corrected chi connectivity index (χ4v) is 8.17. The van der Waals surface area contributed by atoms with Crippen LogP contribution >= 0.6 is 0 Å². The van der Waals surface area contributed by atoms with Gasteiger partial charge in [-0.05, 0) is 77.0 Å². The molecule has 0 rings (SSSR count). The van der Waals surface area contributed by atoms with Gasteiger partial charge in [-0.25, -0.2) is 0 Å². The van der Waals surface area contributed by atoms with E-state index in [1.807, 2.05) is 0 Å². The Morgan fingerprint density at radius 2 is 0.703 bits per heavy atom. The van der Waals surface area contributed by atoms with Crippen LogP contribution in [0.4, 0.5) is 0 Å². The van der Waals surface area contributed by atoms with Crippen LogP contribution in [0.3, 0.4) is 0 Å². The van der Waals surface area contributed by atoms with Gasteiger partial charge in [0.15, 0.2) is 6.10 Å². The Morgan fingerprint density at radius 3 is 1.14 bits per heavy atom. The molecule has 374 valence electrons. The normalized spacial score (nSPS) is 12.5. The topological polar surface area (TPSA) is 61.8 Å². The molecule has 0 aromatic heterocycles. The van der Waals surface area contributed by atoms with Gasteiger partial charge in [-0.15, -0.1) is 0 Å². The Morgan fingerprint density at radius 1 is 0.359 bits per heavy atom. The zero-order valence-corrected chi connectivity index (χ0v) is 43.1. The Balaban J connectivity index is 4.23. The molecule has 1 atom stereocenters. The number of carbonyl (C=O) groups excluding carboxylic acids is 2. The molecule has 0 aromatic rings. The first-order chi connectivity index (χ1) is 31.6. The van der Waals surface area contributed by atoms with Crippen LogP contribution in [0, 0.1) is 0 Å². The smallest absolute Gasteiger partial charge is 0.306 e. The molecule has 0 radical (unpaired) electrons. The molecule has 0 aliphatic rings. The highest BCUT2D eigenvalue weighted by molar-refractivity contribution is 5.70. The van der Waals surface area contributed by atoms with Crippen molar-refractivity contribution in [3.8, 4) is 0 Å². The van der Waals surface area contributed by atoms with E-state index in [1.165, 1.54) is 186 Å². The van der Waals surface area contributed by atoms with Crippen molar-refractivity contribution in [2.24, 2.45) is 0 Å². The second-order valence-corrected chi connectivity index (χ2v) is 18.8. The van der Waals surface area contributed by atoms with Crippen molar-refractivity contribution in [1.29, 1.82) is 0 Å². The van der Waals surface area contributed by atoms with Gasteiger partial charge >= 0.3 is 11.9 Å². The number of ether oxygens (including phenoxy) is 3. The maximum absolute atomic E-state index is 12.8. The van der Waals surface area contributed by atoms with Gasteiger partial charge in [0.25, 0.3) is 0 Å². The lowest BCUT2D eigenvalue weighted by atomic mass is 10.0. The fourth-order valence-electron chi connectivity index (χ4n) is 8.17. The summed E-state index contributed by atoms with van der Waals surface area (Å²) >= 11 is 0. The minimum Gasteiger partial charge on any atom is -0.462 e. The van der Waals surface area contributed by atoms with E-state index in [9.17, 15) is 9.59 Å². The van der Waals surface area contributed by atoms with E-state index in [4.69, 9.17) is 14.2 Å². The fraction of sp³-hybridized carbons (Fsp3) is 0.831. The van der Waals surface area contributed by atoms with E-state index >= 15 is 0 Å². The predicted octanol–water partition coefficient (Wildman–Crippen LogP) is 19.1. The van der Waals surface area contributed by atoms with Gasteiger partial charge in [0.05, 0.1) is 6.61 Å². The summed E-state index contributed by atoms with van der Waals surface area (Å²) in [6, 6.07) is 0. The first-order valence-electron chi connectivity index (χ1n) is 28.2. The lowest BCUT2D eigenvalue weighted by molar-refractivity contribution is -0.163. The van der Waals surface area contributed by atoms with Gasteiger partial charge < -0.3 is 14.2 Å². The molecule has 0 saturated heterocycles. The Labute approximate surface area is 399 Å². The molecule has 1 unspecified atom stereocenters. The third-order valence-electron chi connectivity index (χ3n) is 12.3. The summed E-state index contributed by atoms with van der Waals surface area (Å²) in [6.45, 7) is 7.74. The minimum absolute atomic E-state index is 0.0795. The molecule has 0 fully saturated rings. The third-order valence-corrected chi connectivity index (χ3v) is 12.3. The molecular formula is C59H108O5. The molecule has 0 heterocycles. The molecule has 0 aromatic carbocycles. The molecular weight excluding hydrogens is 789 g/mol. The van der Waals surface area contributed by atoms with Crippen LogP contribution in [0.2, 0.25) is 0 Å². The van der Waals surface area contributed by atoms with Crippen molar-refractivity contribution < 1.29 is 23.8 Å². The average molecular weight is 898 g/mol. The Bertz CT molecular complexity index is 1060. The first kappa shape index (κ1) is 61.9. The van der Waals surface area contributed by atoms with E-state index in [-0.39, 0.29) is 25.2 Å². The van der Waals surface area contributed by atoms with Gasteiger partial charge in [-0.2, -0.15) is 0 Å². The van der Waals surface area contributed by atoms with E-state index in [0.29, 0.717) is 19.4 Å². The van der Waals surface area contributed by atoms with Gasteiger partial charge in [-0.1, -0.05) is 249 Å². The first-order valence-corrected chi connectivity index (χ1v) is 28.2. The van der Waals surface area contributed by atoms with Crippen LogP contribution < -0.4 is 0 Å². The molecule has 5 heteroatoms. The van der Waals surface area contributed by atoms with Crippen molar-refractivity contribution in [3.05, 3.63) is 48.6 Å². The van der Waals surface area contributed by atoms with Crippen molar-refractivity contribution in [3.63, 3.8) is 0 Å². The average Bonchev–Trinajstić information content (AvgIpc) is 3.30. The maximum atomic E-state index is 12.8. The van der Waals surface area contributed by atoms with E-state index in [2.05, 4.69) is 69.4 Å². The predicted molar refractivity (Wildman–Crippen MR) is 279 cm³/mol. The number of hydrogen-bond acceptors (Lipinski definition) is 5. The van der Waals surface area contributed by atoms with Crippen molar-refractivity contribution in [2.45, 2.75) is 297 Å². The molecule has 64 heavy (non-hydrogen) atoms. The Hall–Kier alpha value is -2.14. The highest BCUT2D eigenvalue weighted by Crippen LogP contribution is 2.16.